The average Bonchev–Trinajstić information content (AvgIpc) is 3.21. The first kappa shape index (κ1) is 20.7. The van der Waals surface area contributed by atoms with Gasteiger partial charge in [-0.05, 0) is 38.8 Å². The Morgan fingerprint density at radius 2 is 2.00 bits per heavy atom. The number of nitrogens with one attached hydrogen (secondary N) is 3. The molecule has 134 valence electrons. The molecule has 1 aliphatic rings. The number of halogens is 2. The van der Waals surface area contributed by atoms with E-state index in [2.05, 4.69) is 20.9 Å². The van der Waals surface area contributed by atoms with E-state index in [-0.39, 0.29) is 59.7 Å². The smallest absolute Gasteiger partial charge is 0.239 e. The third kappa shape index (κ3) is 6.26. The molecule has 0 heterocycles. The second-order valence-electron chi connectivity index (χ2n) is 6.84. The van der Waals surface area contributed by atoms with Crippen molar-refractivity contribution in [2.75, 3.05) is 13.6 Å². The molecule has 2 atom stereocenters. The average molecular weight is 448 g/mol. The normalized spacial score (nSPS) is 20.0. The molecule has 0 aliphatic heterocycles. The van der Waals surface area contributed by atoms with E-state index in [0.717, 1.165) is 12.0 Å². The van der Waals surface area contributed by atoms with Crippen LogP contribution in [0.15, 0.2) is 29.3 Å². The van der Waals surface area contributed by atoms with E-state index in [4.69, 9.17) is 0 Å². The molecule has 1 aromatic carbocycles. The molecule has 1 saturated carbocycles. The second-order valence-corrected chi connectivity index (χ2v) is 6.84. The monoisotopic (exact) mass is 448 g/mol. The number of nitrogens with zero attached hydrogens (tertiary/aromatic N) is 1. The largest absolute Gasteiger partial charge is 0.353 e. The maximum Gasteiger partial charge on any atom is 0.239 e. The quantitative estimate of drug-likeness (QED) is 0.377. The number of carbonyl (C=O) groups is 1. The summed E-state index contributed by atoms with van der Waals surface area (Å²) < 4.78 is 13.8. The van der Waals surface area contributed by atoms with Crippen LogP contribution in [-0.2, 0) is 4.79 Å². The van der Waals surface area contributed by atoms with Gasteiger partial charge in [0.25, 0.3) is 0 Å². The molecule has 3 N–H and O–H groups in total. The molecule has 1 amide bonds. The first-order chi connectivity index (χ1) is 10.8. The summed E-state index contributed by atoms with van der Waals surface area (Å²) in [7, 11) is 1.65. The molecule has 1 aromatic rings. The van der Waals surface area contributed by atoms with Crippen LogP contribution in [0.25, 0.3) is 0 Å². The van der Waals surface area contributed by atoms with E-state index >= 15 is 0 Å². The molecule has 5 nitrogen and oxygen atoms in total. The van der Waals surface area contributed by atoms with Crippen molar-refractivity contribution in [1.82, 2.24) is 16.0 Å². The van der Waals surface area contributed by atoms with Gasteiger partial charge in [-0.2, -0.15) is 0 Å². The third-order valence-electron chi connectivity index (χ3n) is 3.57. The highest BCUT2D eigenvalue weighted by atomic mass is 127. The topological polar surface area (TPSA) is 65.5 Å². The van der Waals surface area contributed by atoms with Crippen LogP contribution in [0, 0.1) is 5.82 Å². The summed E-state index contributed by atoms with van der Waals surface area (Å²) in [5, 5.41) is 9.09. The summed E-state index contributed by atoms with van der Waals surface area (Å²) in [4.78, 5) is 15.9. The van der Waals surface area contributed by atoms with Crippen molar-refractivity contribution in [2.45, 2.75) is 44.7 Å². The zero-order chi connectivity index (χ0) is 17.0. The highest BCUT2D eigenvalue weighted by Gasteiger charge is 2.40. The van der Waals surface area contributed by atoms with E-state index < -0.39 is 0 Å². The Labute approximate surface area is 159 Å². The molecule has 7 heteroatoms. The van der Waals surface area contributed by atoms with Gasteiger partial charge in [-0.15, -0.1) is 24.0 Å². The van der Waals surface area contributed by atoms with E-state index in [1.807, 2.05) is 32.9 Å². The Morgan fingerprint density at radius 3 is 2.58 bits per heavy atom. The molecular weight excluding hydrogens is 422 g/mol. The molecule has 0 saturated heterocycles. The van der Waals surface area contributed by atoms with Gasteiger partial charge in [-0.1, -0.05) is 18.2 Å². The summed E-state index contributed by atoms with van der Waals surface area (Å²) in [6.45, 7) is 5.94. The van der Waals surface area contributed by atoms with Gasteiger partial charge in [-0.3, -0.25) is 9.79 Å². The van der Waals surface area contributed by atoms with Crippen LogP contribution in [0.4, 0.5) is 4.39 Å². The van der Waals surface area contributed by atoms with Gasteiger partial charge in [0.1, 0.15) is 5.82 Å². The number of hydrogen-bond donors (Lipinski definition) is 3. The zero-order valence-electron chi connectivity index (χ0n) is 14.5. The number of rotatable bonds is 4. The molecule has 1 aliphatic carbocycles. The minimum atomic E-state index is -0.262. The predicted octanol–water partition coefficient (Wildman–Crippen LogP) is 2.38. The fourth-order valence-corrected chi connectivity index (χ4v) is 2.47. The fourth-order valence-electron chi connectivity index (χ4n) is 2.47. The molecule has 2 rings (SSSR count). The molecule has 0 radical (unpaired) electrons. The standard InChI is InChI=1S/C17H25FN4O.HI/c1-17(2,3)22-15(23)10-20-16(19-4)21-14-9-12(14)11-7-5-6-8-13(11)18;/h5-8,12,14H,9-10H2,1-4H3,(H,22,23)(H2,19,20,21);1H. The van der Waals surface area contributed by atoms with Crippen molar-refractivity contribution < 1.29 is 9.18 Å². The van der Waals surface area contributed by atoms with Crippen LogP contribution in [0.1, 0.15) is 38.7 Å². The van der Waals surface area contributed by atoms with Gasteiger partial charge in [0, 0.05) is 24.5 Å². The summed E-state index contributed by atoms with van der Waals surface area (Å²) >= 11 is 0. The summed E-state index contributed by atoms with van der Waals surface area (Å²) in [5.74, 6) is 0.437. The van der Waals surface area contributed by atoms with Crippen molar-refractivity contribution in [3.05, 3.63) is 35.6 Å². The molecule has 1 fully saturated rings. The van der Waals surface area contributed by atoms with Gasteiger partial charge in [0.15, 0.2) is 5.96 Å². The Morgan fingerprint density at radius 1 is 1.33 bits per heavy atom. The minimum absolute atomic E-state index is 0. The third-order valence-corrected chi connectivity index (χ3v) is 3.57. The summed E-state index contributed by atoms with van der Waals surface area (Å²) in [6, 6.07) is 6.97. The van der Waals surface area contributed by atoms with Crippen LogP contribution in [0.3, 0.4) is 0 Å². The molecular formula is C17H26FIN4O. The first-order valence-electron chi connectivity index (χ1n) is 7.83. The number of hydrogen-bond acceptors (Lipinski definition) is 2. The van der Waals surface area contributed by atoms with Crippen LogP contribution in [0.2, 0.25) is 0 Å². The van der Waals surface area contributed by atoms with Crippen molar-refractivity contribution in [1.29, 1.82) is 0 Å². The highest BCUT2D eigenvalue weighted by Crippen LogP contribution is 2.41. The second kappa shape index (κ2) is 8.64. The Kier molecular flexibility index (Phi) is 7.44. The van der Waals surface area contributed by atoms with E-state index in [1.54, 1.807) is 13.1 Å². The summed E-state index contributed by atoms with van der Waals surface area (Å²) in [5.41, 5.74) is 0.466. The maximum atomic E-state index is 13.8. The lowest BCUT2D eigenvalue weighted by molar-refractivity contribution is -0.121. The van der Waals surface area contributed by atoms with E-state index in [1.165, 1.54) is 6.07 Å². The van der Waals surface area contributed by atoms with Crippen LogP contribution in [-0.4, -0.2) is 37.0 Å². The van der Waals surface area contributed by atoms with Crippen LogP contribution >= 0.6 is 24.0 Å². The number of benzene rings is 1. The van der Waals surface area contributed by atoms with E-state index in [0.29, 0.717) is 5.96 Å². The molecule has 24 heavy (non-hydrogen) atoms. The van der Waals surface area contributed by atoms with Gasteiger partial charge in [-0.25, -0.2) is 4.39 Å². The maximum absolute atomic E-state index is 13.8. The lowest BCUT2D eigenvalue weighted by Crippen LogP contribution is -2.48. The number of amides is 1. The van der Waals surface area contributed by atoms with E-state index in [9.17, 15) is 9.18 Å². The SMILES string of the molecule is CN=C(NCC(=O)NC(C)(C)C)NC1CC1c1ccccc1F.I. The molecule has 2 unspecified atom stereocenters. The zero-order valence-corrected chi connectivity index (χ0v) is 16.9. The first-order valence-corrected chi connectivity index (χ1v) is 7.83. The van der Waals surface area contributed by atoms with Crippen molar-refractivity contribution >= 4 is 35.8 Å². The predicted molar refractivity (Wildman–Crippen MR) is 105 cm³/mol. The van der Waals surface area contributed by atoms with Crippen molar-refractivity contribution in [2.24, 2.45) is 4.99 Å². The minimum Gasteiger partial charge on any atom is -0.353 e. The van der Waals surface area contributed by atoms with Gasteiger partial charge in [0.2, 0.25) is 5.91 Å². The Hall–Kier alpha value is -1.38. The Bertz CT molecular complexity index is 600. The molecule has 0 bridgehead atoms. The van der Waals surface area contributed by atoms with Crippen molar-refractivity contribution in [3.8, 4) is 0 Å². The van der Waals surface area contributed by atoms with Crippen molar-refractivity contribution in [3.63, 3.8) is 0 Å². The van der Waals surface area contributed by atoms with Gasteiger partial charge >= 0.3 is 0 Å². The number of aliphatic imine (C=N–C) groups is 1. The fraction of sp³-hybridized carbons (Fsp3) is 0.529. The summed E-state index contributed by atoms with van der Waals surface area (Å²) in [6.07, 6.45) is 0.857. The number of carbonyl (C=O) groups excluding carboxylic acids is 1. The van der Waals surface area contributed by atoms with Gasteiger partial charge in [0.05, 0.1) is 6.54 Å². The number of guanidine groups is 1. The van der Waals surface area contributed by atoms with Gasteiger partial charge < -0.3 is 16.0 Å². The molecule has 0 spiro atoms. The van der Waals surface area contributed by atoms with Crippen LogP contribution < -0.4 is 16.0 Å². The molecule has 0 aromatic heterocycles. The lowest BCUT2D eigenvalue weighted by atomic mass is 10.1. The highest BCUT2D eigenvalue weighted by molar-refractivity contribution is 14.0. The lowest BCUT2D eigenvalue weighted by Gasteiger charge is -2.21. The van der Waals surface area contributed by atoms with Crippen LogP contribution in [0.5, 0.6) is 0 Å². The Balaban J connectivity index is 0.00000288.